The van der Waals surface area contributed by atoms with Crippen LogP contribution in [0.1, 0.15) is 16.8 Å². The monoisotopic (exact) mass is 347 g/mol. The van der Waals surface area contributed by atoms with E-state index in [0.29, 0.717) is 12.2 Å². The minimum absolute atomic E-state index is 0.283. The maximum absolute atomic E-state index is 13.6. The highest BCUT2D eigenvalue weighted by Gasteiger charge is 2.13. The molecule has 0 saturated heterocycles. The quantitative estimate of drug-likeness (QED) is 0.602. The molecule has 4 aromatic rings. The molecule has 0 fully saturated rings. The van der Waals surface area contributed by atoms with Gasteiger partial charge in [0.15, 0.2) is 5.65 Å². The molecule has 26 heavy (non-hydrogen) atoms. The molecule has 0 saturated carbocycles. The summed E-state index contributed by atoms with van der Waals surface area (Å²) in [5.74, 6) is 0.591. The Balaban J connectivity index is 1.77. The number of halogens is 1. The minimum Gasteiger partial charge on any atom is -0.366 e. The van der Waals surface area contributed by atoms with Crippen LogP contribution >= 0.6 is 0 Å². The van der Waals surface area contributed by atoms with Gasteiger partial charge in [0.2, 0.25) is 0 Å². The molecule has 6 heteroatoms. The average molecular weight is 347 g/mol. The highest BCUT2D eigenvalue weighted by atomic mass is 19.1. The Morgan fingerprint density at radius 2 is 2.00 bits per heavy atom. The van der Waals surface area contributed by atoms with Gasteiger partial charge in [0.05, 0.1) is 5.69 Å². The van der Waals surface area contributed by atoms with E-state index in [9.17, 15) is 4.39 Å². The van der Waals surface area contributed by atoms with E-state index in [-0.39, 0.29) is 5.82 Å². The molecule has 1 N–H and O–H groups in total. The summed E-state index contributed by atoms with van der Waals surface area (Å²) in [5, 5.41) is 8.08. The first-order valence-electron chi connectivity index (χ1n) is 8.37. The number of rotatable bonds is 4. The van der Waals surface area contributed by atoms with Crippen molar-refractivity contribution in [3.63, 3.8) is 0 Å². The maximum Gasteiger partial charge on any atom is 0.158 e. The zero-order valence-corrected chi connectivity index (χ0v) is 14.6. The van der Waals surface area contributed by atoms with Crippen LogP contribution in [-0.4, -0.2) is 19.6 Å². The molecule has 3 aromatic heterocycles. The second-order valence-corrected chi connectivity index (χ2v) is 6.20. The van der Waals surface area contributed by atoms with Crippen LogP contribution < -0.4 is 5.32 Å². The summed E-state index contributed by atoms with van der Waals surface area (Å²) >= 11 is 0. The maximum atomic E-state index is 13.6. The predicted molar refractivity (Wildman–Crippen MR) is 99.4 cm³/mol. The largest absolute Gasteiger partial charge is 0.366 e. The van der Waals surface area contributed by atoms with Crippen LogP contribution in [0.3, 0.4) is 0 Å². The van der Waals surface area contributed by atoms with Gasteiger partial charge < -0.3 is 5.32 Å². The Morgan fingerprint density at radius 1 is 1.12 bits per heavy atom. The molecule has 130 valence electrons. The highest BCUT2D eigenvalue weighted by Crippen LogP contribution is 2.25. The molecule has 0 atom stereocenters. The standard InChI is InChI=1S/C20H18FN5/c1-13-14(2)24-19-10-18(16-6-3-7-17(21)9-16)25-26(19)20(13)23-12-15-5-4-8-22-11-15/h3-11,23H,12H2,1-2H3. The number of hydrogen-bond acceptors (Lipinski definition) is 4. The molecule has 0 unspecified atom stereocenters. The van der Waals surface area contributed by atoms with Crippen molar-refractivity contribution in [2.45, 2.75) is 20.4 Å². The summed E-state index contributed by atoms with van der Waals surface area (Å²) in [5.41, 5.74) is 5.16. The number of fused-ring (bicyclic) bond motifs is 1. The van der Waals surface area contributed by atoms with Crippen molar-refractivity contribution >= 4 is 11.5 Å². The van der Waals surface area contributed by atoms with E-state index >= 15 is 0 Å². The van der Waals surface area contributed by atoms with E-state index in [1.54, 1.807) is 16.8 Å². The Kier molecular flexibility index (Phi) is 4.08. The van der Waals surface area contributed by atoms with Crippen molar-refractivity contribution in [2.75, 3.05) is 5.32 Å². The van der Waals surface area contributed by atoms with E-state index in [0.717, 1.165) is 33.8 Å². The van der Waals surface area contributed by atoms with Gasteiger partial charge in [0.25, 0.3) is 0 Å². The van der Waals surface area contributed by atoms with Crippen molar-refractivity contribution < 1.29 is 4.39 Å². The Labute approximate surface area is 150 Å². The van der Waals surface area contributed by atoms with Crippen LogP contribution in [0.4, 0.5) is 10.2 Å². The number of benzene rings is 1. The van der Waals surface area contributed by atoms with Crippen molar-refractivity contribution in [1.29, 1.82) is 0 Å². The molecule has 0 bridgehead atoms. The molecule has 1 aromatic carbocycles. The van der Waals surface area contributed by atoms with Gasteiger partial charge in [0.1, 0.15) is 11.6 Å². The Bertz CT molecular complexity index is 1070. The lowest BCUT2D eigenvalue weighted by molar-refractivity contribution is 0.628. The third-order valence-electron chi connectivity index (χ3n) is 4.39. The van der Waals surface area contributed by atoms with Gasteiger partial charge in [-0.25, -0.2) is 9.37 Å². The van der Waals surface area contributed by atoms with Crippen molar-refractivity contribution in [1.82, 2.24) is 19.6 Å². The average Bonchev–Trinajstić information content (AvgIpc) is 3.06. The number of nitrogens with zero attached hydrogens (tertiary/aromatic N) is 4. The molecule has 4 rings (SSSR count). The van der Waals surface area contributed by atoms with Crippen molar-refractivity contribution in [3.8, 4) is 11.3 Å². The number of aryl methyl sites for hydroxylation is 1. The van der Waals surface area contributed by atoms with Crippen molar-refractivity contribution in [2.24, 2.45) is 0 Å². The van der Waals surface area contributed by atoms with Crippen LogP contribution in [0.2, 0.25) is 0 Å². The molecular formula is C20H18FN5. The van der Waals surface area contributed by atoms with Crippen LogP contribution in [0, 0.1) is 19.7 Å². The van der Waals surface area contributed by atoms with Gasteiger partial charge >= 0.3 is 0 Å². The zero-order chi connectivity index (χ0) is 18.1. The molecule has 0 spiro atoms. The molecule has 0 aliphatic carbocycles. The second-order valence-electron chi connectivity index (χ2n) is 6.20. The minimum atomic E-state index is -0.283. The van der Waals surface area contributed by atoms with Crippen LogP contribution in [0.15, 0.2) is 54.9 Å². The molecule has 0 amide bonds. The first-order chi connectivity index (χ1) is 12.6. The van der Waals surface area contributed by atoms with Gasteiger partial charge in [-0.15, -0.1) is 0 Å². The van der Waals surface area contributed by atoms with Gasteiger partial charge in [0, 0.05) is 41.8 Å². The third kappa shape index (κ3) is 3.01. The van der Waals surface area contributed by atoms with E-state index in [2.05, 4.69) is 20.4 Å². The fraction of sp³-hybridized carbons (Fsp3) is 0.150. The van der Waals surface area contributed by atoms with Crippen molar-refractivity contribution in [3.05, 3.63) is 77.5 Å². The number of nitrogens with one attached hydrogen (secondary N) is 1. The number of hydrogen-bond donors (Lipinski definition) is 1. The molecule has 0 aliphatic heterocycles. The lowest BCUT2D eigenvalue weighted by Crippen LogP contribution is -2.09. The number of aromatic nitrogens is 4. The first-order valence-corrected chi connectivity index (χ1v) is 8.37. The summed E-state index contributed by atoms with van der Waals surface area (Å²) < 4.78 is 15.3. The predicted octanol–water partition coefficient (Wildman–Crippen LogP) is 4.16. The van der Waals surface area contributed by atoms with Gasteiger partial charge in [-0.2, -0.15) is 9.61 Å². The van der Waals surface area contributed by atoms with Crippen LogP contribution in [-0.2, 0) is 6.54 Å². The van der Waals surface area contributed by atoms with E-state index in [1.165, 1.54) is 12.1 Å². The summed E-state index contributed by atoms with van der Waals surface area (Å²) in [6, 6.07) is 12.2. The summed E-state index contributed by atoms with van der Waals surface area (Å²) in [6.07, 6.45) is 3.58. The Morgan fingerprint density at radius 3 is 2.77 bits per heavy atom. The highest BCUT2D eigenvalue weighted by molar-refractivity contribution is 5.66. The molecular weight excluding hydrogens is 329 g/mol. The number of anilines is 1. The van der Waals surface area contributed by atoms with Gasteiger partial charge in [-0.1, -0.05) is 18.2 Å². The third-order valence-corrected chi connectivity index (χ3v) is 4.39. The molecule has 3 heterocycles. The molecule has 5 nitrogen and oxygen atoms in total. The summed E-state index contributed by atoms with van der Waals surface area (Å²) in [6.45, 7) is 4.61. The lowest BCUT2D eigenvalue weighted by Gasteiger charge is -2.13. The van der Waals surface area contributed by atoms with Crippen LogP contribution in [0.25, 0.3) is 16.9 Å². The zero-order valence-electron chi connectivity index (χ0n) is 14.6. The van der Waals surface area contributed by atoms with E-state index in [1.807, 2.05) is 44.3 Å². The van der Waals surface area contributed by atoms with E-state index < -0.39 is 0 Å². The summed E-state index contributed by atoms with van der Waals surface area (Å²) in [4.78, 5) is 8.75. The Hall–Kier alpha value is -3.28. The topological polar surface area (TPSA) is 55.1 Å². The van der Waals surface area contributed by atoms with E-state index in [4.69, 9.17) is 0 Å². The number of pyridine rings is 1. The summed E-state index contributed by atoms with van der Waals surface area (Å²) in [7, 11) is 0. The fourth-order valence-corrected chi connectivity index (χ4v) is 2.89. The second kappa shape index (κ2) is 6.55. The smallest absolute Gasteiger partial charge is 0.158 e. The molecule has 0 radical (unpaired) electrons. The van der Waals surface area contributed by atoms with Crippen LogP contribution in [0.5, 0.6) is 0 Å². The normalized spacial score (nSPS) is 11.0. The molecule has 0 aliphatic rings. The first kappa shape index (κ1) is 16.2. The fourth-order valence-electron chi connectivity index (χ4n) is 2.89. The SMILES string of the molecule is Cc1nc2cc(-c3cccc(F)c3)nn2c(NCc2cccnc2)c1C. The van der Waals surface area contributed by atoms with Gasteiger partial charge in [-0.05, 0) is 37.6 Å². The van der Waals surface area contributed by atoms with Gasteiger partial charge in [-0.3, -0.25) is 4.98 Å². The lowest BCUT2D eigenvalue weighted by atomic mass is 10.1.